The molecular weight excluding hydrogens is 448 g/mol. The van der Waals surface area contributed by atoms with Gasteiger partial charge in [-0.3, -0.25) is 14.4 Å². The Morgan fingerprint density at radius 3 is 2.75 bits per heavy atom. The minimum absolute atomic E-state index is 0.122. The number of amides is 2. The van der Waals surface area contributed by atoms with Crippen molar-refractivity contribution in [3.05, 3.63) is 80.1 Å². The third-order valence-electron chi connectivity index (χ3n) is 5.28. The van der Waals surface area contributed by atoms with Gasteiger partial charge in [0.15, 0.2) is 5.16 Å². The van der Waals surface area contributed by atoms with Crippen molar-refractivity contribution < 1.29 is 9.59 Å². The van der Waals surface area contributed by atoms with Crippen molar-refractivity contribution in [3.8, 4) is 0 Å². The highest BCUT2D eigenvalue weighted by atomic mass is 35.5. The standard InChI is InChI=1S/C23H21ClN4O3S/c1-12-6-7-16(8-13(12)2)25-21(30)17-10-18(29)26-20-19(17)22(31)28-23(27-20)32-11-14-4-3-5-15(24)9-14/h3-9,17H,10-11H2,1-2H3,(H,25,30)(H2,26,27,28,29,31)/t17-/m0/s1. The van der Waals surface area contributed by atoms with Gasteiger partial charge >= 0.3 is 0 Å². The Balaban J connectivity index is 1.57. The van der Waals surface area contributed by atoms with E-state index in [-0.39, 0.29) is 23.7 Å². The van der Waals surface area contributed by atoms with Crippen LogP contribution in [0.2, 0.25) is 5.02 Å². The van der Waals surface area contributed by atoms with E-state index in [2.05, 4.69) is 20.6 Å². The molecule has 0 bridgehead atoms. The Morgan fingerprint density at radius 2 is 2.00 bits per heavy atom. The molecule has 0 saturated heterocycles. The number of carbonyl (C=O) groups is 2. The minimum atomic E-state index is -0.927. The third-order valence-corrected chi connectivity index (χ3v) is 6.46. The lowest BCUT2D eigenvalue weighted by Gasteiger charge is -2.23. The van der Waals surface area contributed by atoms with Gasteiger partial charge in [0.25, 0.3) is 5.56 Å². The van der Waals surface area contributed by atoms with Crippen molar-refractivity contribution >= 4 is 46.7 Å². The second kappa shape index (κ2) is 9.18. The average molecular weight is 469 g/mol. The molecule has 9 heteroatoms. The molecular formula is C23H21ClN4O3S. The molecule has 0 radical (unpaired) electrons. The largest absolute Gasteiger partial charge is 0.326 e. The average Bonchev–Trinajstić information content (AvgIpc) is 2.74. The molecule has 1 aliphatic heterocycles. The summed E-state index contributed by atoms with van der Waals surface area (Å²) >= 11 is 7.32. The van der Waals surface area contributed by atoms with Crippen LogP contribution in [0.4, 0.5) is 11.5 Å². The first-order valence-electron chi connectivity index (χ1n) is 9.99. The van der Waals surface area contributed by atoms with Crippen LogP contribution in [0.5, 0.6) is 0 Å². The number of aryl methyl sites for hydroxylation is 2. The van der Waals surface area contributed by atoms with Crippen LogP contribution in [0, 0.1) is 13.8 Å². The number of benzene rings is 2. The second-order valence-corrected chi connectivity index (χ2v) is 9.05. The van der Waals surface area contributed by atoms with Crippen LogP contribution in [0.15, 0.2) is 52.4 Å². The Labute approximate surface area is 194 Å². The number of nitrogens with one attached hydrogen (secondary N) is 3. The lowest BCUT2D eigenvalue weighted by atomic mass is 9.92. The summed E-state index contributed by atoms with van der Waals surface area (Å²) in [4.78, 5) is 45.2. The molecule has 164 valence electrons. The van der Waals surface area contributed by atoms with Gasteiger partial charge in [-0.1, -0.05) is 41.6 Å². The summed E-state index contributed by atoms with van der Waals surface area (Å²) < 4.78 is 0. The van der Waals surface area contributed by atoms with Gasteiger partial charge in [0.1, 0.15) is 5.82 Å². The van der Waals surface area contributed by atoms with Crippen molar-refractivity contribution in [1.29, 1.82) is 0 Å². The van der Waals surface area contributed by atoms with Gasteiger partial charge in [-0.15, -0.1) is 0 Å². The highest BCUT2D eigenvalue weighted by Crippen LogP contribution is 2.31. The van der Waals surface area contributed by atoms with Crippen LogP contribution < -0.4 is 16.2 Å². The predicted octanol–water partition coefficient (Wildman–Crippen LogP) is 4.40. The van der Waals surface area contributed by atoms with E-state index in [9.17, 15) is 14.4 Å². The summed E-state index contributed by atoms with van der Waals surface area (Å²) in [5.41, 5.74) is 3.45. The summed E-state index contributed by atoms with van der Waals surface area (Å²) in [6, 6.07) is 12.9. The second-order valence-electron chi connectivity index (χ2n) is 7.65. The van der Waals surface area contributed by atoms with E-state index in [1.807, 2.05) is 44.2 Å². The molecule has 3 aromatic rings. The first kappa shape index (κ1) is 22.1. The van der Waals surface area contributed by atoms with E-state index < -0.39 is 17.4 Å². The fraction of sp³-hybridized carbons (Fsp3) is 0.217. The summed E-state index contributed by atoms with van der Waals surface area (Å²) in [6.07, 6.45) is -0.122. The highest BCUT2D eigenvalue weighted by Gasteiger charge is 2.34. The van der Waals surface area contributed by atoms with Crippen LogP contribution in [0.1, 0.15) is 34.6 Å². The normalized spacial score (nSPS) is 15.1. The van der Waals surface area contributed by atoms with Gasteiger partial charge in [0.05, 0.1) is 11.5 Å². The quantitative estimate of drug-likeness (QED) is 0.380. The van der Waals surface area contributed by atoms with E-state index in [4.69, 9.17) is 11.6 Å². The molecule has 1 atom stereocenters. The number of rotatable bonds is 5. The van der Waals surface area contributed by atoms with Crippen molar-refractivity contribution in [2.45, 2.75) is 37.1 Å². The number of hydrogen-bond acceptors (Lipinski definition) is 5. The van der Waals surface area contributed by atoms with Gasteiger partial charge < -0.3 is 15.6 Å². The smallest absolute Gasteiger partial charge is 0.257 e. The summed E-state index contributed by atoms with van der Waals surface area (Å²) in [5, 5.41) is 6.42. The Bertz CT molecular complexity index is 1270. The van der Waals surface area contributed by atoms with E-state index in [0.717, 1.165) is 16.7 Å². The minimum Gasteiger partial charge on any atom is -0.326 e. The molecule has 4 rings (SSSR count). The van der Waals surface area contributed by atoms with Crippen molar-refractivity contribution in [1.82, 2.24) is 9.97 Å². The molecule has 0 saturated carbocycles. The molecule has 3 N–H and O–H groups in total. The monoisotopic (exact) mass is 468 g/mol. The predicted molar refractivity (Wildman–Crippen MR) is 126 cm³/mol. The Hall–Kier alpha value is -3.10. The molecule has 2 amide bonds. The number of anilines is 2. The van der Waals surface area contributed by atoms with Crippen molar-refractivity contribution in [2.75, 3.05) is 10.6 Å². The third kappa shape index (κ3) is 4.87. The molecule has 0 aliphatic carbocycles. The lowest BCUT2D eigenvalue weighted by Crippen LogP contribution is -2.36. The number of fused-ring (bicyclic) bond motifs is 1. The Kier molecular flexibility index (Phi) is 6.34. The zero-order chi connectivity index (χ0) is 22.8. The molecule has 0 unspecified atom stereocenters. The highest BCUT2D eigenvalue weighted by molar-refractivity contribution is 7.98. The molecule has 0 spiro atoms. The number of H-pyrrole nitrogens is 1. The fourth-order valence-corrected chi connectivity index (χ4v) is 4.49. The summed E-state index contributed by atoms with van der Waals surface area (Å²) in [6.45, 7) is 3.93. The zero-order valence-corrected chi connectivity index (χ0v) is 19.1. The van der Waals surface area contributed by atoms with Crippen molar-refractivity contribution in [2.24, 2.45) is 0 Å². The van der Waals surface area contributed by atoms with Crippen LogP contribution in [-0.4, -0.2) is 21.8 Å². The summed E-state index contributed by atoms with van der Waals surface area (Å²) in [7, 11) is 0. The first-order chi connectivity index (χ1) is 15.3. The van der Waals surface area contributed by atoms with Crippen LogP contribution in [-0.2, 0) is 15.3 Å². The first-order valence-corrected chi connectivity index (χ1v) is 11.4. The number of aromatic nitrogens is 2. The van der Waals surface area contributed by atoms with Gasteiger partial charge in [0, 0.05) is 22.9 Å². The lowest BCUT2D eigenvalue weighted by molar-refractivity contribution is -0.123. The maximum atomic E-state index is 13.0. The summed E-state index contributed by atoms with van der Waals surface area (Å²) in [5.74, 6) is -1.05. The molecule has 1 aliphatic rings. The number of hydrogen-bond donors (Lipinski definition) is 3. The zero-order valence-electron chi connectivity index (χ0n) is 17.5. The number of carbonyl (C=O) groups excluding carboxylic acids is 2. The van der Waals surface area contributed by atoms with Crippen LogP contribution >= 0.6 is 23.4 Å². The SMILES string of the molecule is Cc1ccc(NC(=O)[C@H]2CC(=O)Nc3nc(SCc4cccc(Cl)c4)[nH]c(=O)c32)cc1C. The Morgan fingerprint density at radius 1 is 1.19 bits per heavy atom. The molecule has 2 aromatic carbocycles. The van der Waals surface area contributed by atoms with E-state index in [1.54, 1.807) is 12.1 Å². The van der Waals surface area contributed by atoms with Gasteiger partial charge in [-0.25, -0.2) is 4.98 Å². The maximum absolute atomic E-state index is 13.0. The maximum Gasteiger partial charge on any atom is 0.257 e. The van der Waals surface area contributed by atoms with Crippen LogP contribution in [0.25, 0.3) is 0 Å². The van der Waals surface area contributed by atoms with Gasteiger partial charge in [0.2, 0.25) is 11.8 Å². The number of aromatic amines is 1. The van der Waals surface area contributed by atoms with E-state index >= 15 is 0 Å². The molecule has 7 nitrogen and oxygen atoms in total. The van der Waals surface area contributed by atoms with Crippen molar-refractivity contribution in [3.63, 3.8) is 0 Å². The van der Waals surface area contributed by atoms with Gasteiger partial charge in [-0.05, 0) is 54.8 Å². The number of thioether (sulfide) groups is 1. The number of nitrogens with zero attached hydrogens (tertiary/aromatic N) is 1. The topological polar surface area (TPSA) is 104 Å². The number of halogens is 1. The van der Waals surface area contributed by atoms with E-state index in [1.165, 1.54) is 11.8 Å². The fourth-order valence-electron chi connectivity index (χ4n) is 3.47. The molecule has 0 fully saturated rings. The van der Waals surface area contributed by atoms with Gasteiger partial charge in [-0.2, -0.15) is 0 Å². The molecule has 2 heterocycles. The molecule has 1 aromatic heterocycles. The van der Waals surface area contributed by atoms with Crippen LogP contribution in [0.3, 0.4) is 0 Å². The van der Waals surface area contributed by atoms with E-state index in [0.29, 0.717) is 21.6 Å². The molecule has 32 heavy (non-hydrogen) atoms.